The molecule has 1 saturated heterocycles. The Morgan fingerprint density at radius 2 is 1.42 bits per heavy atom. The number of carbonyl (C=O) groups is 1. The molecule has 0 unspecified atom stereocenters. The number of hydrogen-bond acceptors (Lipinski definition) is 2. The lowest BCUT2D eigenvalue weighted by molar-refractivity contribution is -0.705. The van der Waals surface area contributed by atoms with Crippen molar-refractivity contribution in [1.29, 1.82) is 0 Å². The summed E-state index contributed by atoms with van der Waals surface area (Å²) < 4.78 is 5.76. The Morgan fingerprint density at radius 1 is 0.962 bits per heavy atom. The van der Waals surface area contributed by atoms with Crippen LogP contribution in [0.3, 0.4) is 0 Å². The maximum atomic E-state index is 13.0. The minimum absolute atomic E-state index is 0.0916. The first-order valence-corrected chi connectivity index (χ1v) is 9.43. The third kappa shape index (κ3) is 4.51. The summed E-state index contributed by atoms with van der Waals surface area (Å²) in [4.78, 5) is 15.0. The Labute approximate surface area is 156 Å². The molecule has 0 aromatic heterocycles. The topological polar surface area (TPSA) is 46.2 Å². The molecule has 0 radical (unpaired) electrons. The van der Waals surface area contributed by atoms with Crippen LogP contribution in [0.5, 0.6) is 0 Å². The zero-order chi connectivity index (χ0) is 18.5. The van der Waals surface area contributed by atoms with Crippen molar-refractivity contribution in [2.24, 2.45) is 0 Å². The van der Waals surface area contributed by atoms with E-state index >= 15 is 0 Å². The van der Waals surface area contributed by atoms with Crippen molar-refractivity contribution in [3.05, 3.63) is 71.8 Å². The number of quaternary nitrogens is 1. The van der Waals surface area contributed by atoms with Gasteiger partial charge in [0.25, 0.3) is 5.91 Å². The first kappa shape index (κ1) is 18.6. The lowest BCUT2D eigenvalue weighted by Crippen LogP contribution is -2.93. The normalized spacial score (nSPS) is 21.6. The number of rotatable bonds is 5. The highest BCUT2D eigenvalue weighted by Gasteiger charge is 2.32. The summed E-state index contributed by atoms with van der Waals surface area (Å²) in [6.07, 6.45) is 0.183. The quantitative estimate of drug-likeness (QED) is 0.897. The molecular weight excluding hydrogens is 324 g/mol. The molecule has 2 aromatic carbocycles. The molecule has 1 heterocycles. The van der Waals surface area contributed by atoms with E-state index in [1.54, 1.807) is 0 Å². The predicted molar refractivity (Wildman–Crippen MR) is 103 cm³/mol. The van der Waals surface area contributed by atoms with E-state index in [1.807, 2.05) is 37.8 Å². The van der Waals surface area contributed by atoms with Crippen molar-refractivity contribution in [2.45, 2.75) is 45.1 Å². The second kappa shape index (κ2) is 8.47. The van der Waals surface area contributed by atoms with E-state index < -0.39 is 0 Å². The van der Waals surface area contributed by atoms with Crippen LogP contribution in [0, 0.1) is 0 Å². The van der Waals surface area contributed by atoms with E-state index in [-0.39, 0.29) is 30.2 Å². The predicted octanol–water partition coefficient (Wildman–Crippen LogP) is 2.36. The molecule has 1 aliphatic heterocycles. The van der Waals surface area contributed by atoms with E-state index in [9.17, 15) is 4.79 Å². The van der Waals surface area contributed by atoms with Crippen LogP contribution in [0.25, 0.3) is 0 Å². The highest BCUT2D eigenvalue weighted by Crippen LogP contribution is 2.18. The molecule has 0 spiro atoms. The molecule has 3 rings (SSSR count). The maximum Gasteiger partial charge on any atom is 0.280 e. The summed E-state index contributed by atoms with van der Waals surface area (Å²) in [6, 6.07) is 20.7. The average molecular weight is 353 g/mol. The zero-order valence-electron chi connectivity index (χ0n) is 15.8. The van der Waals surface area contributed by atoms with Crippen molar-refractivity contribution in [3.63, 3.8) is 0 Å². The van der Waals surface area contributed by atoms with Crippen LogP contribution in [-0.4, -0.2) is 42.1 Å². The minimum atomic E-state index is -0.155. The van der Waals surface area contributed by atoms with Crippen molar-refractivity contribution in [1.82, 2.24) is 4.90 Å². The number of hydrogen-bond donors (Lipinski definition) is 1. The number of nitrogens with zero attached hydrogens (tertiary/aromatic N) is 1. The van der Waals surface area contributed by atoms with Gasteiger partial charge in [-0.15, -0.1) is 0 Å². The molecule has 1 aliphatic rings. The molecule has 0 aliphatic carbocycles. The summed E-state index contributed by atoms with van der Waals surface area (Å²) in [5, 5.41) is 2.18. The van der Waals surface area contributed by atoms with Gasteiger partial charge in [0.15, 0.2) is 6.04 Å². The molecule has 2 N–H and O–H groups in total. The summed E-state index contributed by atoms with van der Waals surface area (Å²) in [6.45, 7) is 7.40. The molecule has 138 valence electrons. The Hall–Kier alpha value is -2.17. The van der Waals surface area contributed by atoms with E-state index in [0.29, 0.717) is 13.1 Å². The monoisotopic (exact) mass is 353 g/mol. The molecule has 1 amide bonds. The molecule has 1 fully saturated rings. The highest BCUT2D eigenvalue weighted by atomic mass is 16.5. The van der Waals surface area contributed by atoms with Crippen LogP contribution in [0.2, 0.25) is 0 Å². The van der Waals surface area contributed by atoms with Gasteiger partial charge in [-0.3, -0.25) is 4.79 Å². The van der Waals surface area contributed by atoms with Gasteiger partial charge >= 0.3 is 0 Å². The Kier molecular flexibility index (Phi) is 6.07. The van der Waals surface area contributed by atoms with Crippen molar-refractivity contribution < 1.29 is 14.8 Å². The van der Waals surface area contributed by atoms with Gasteiger partial charge in [-0.05, 0) is 20.8 Å². The molecule has 4 nitrogen and oxygen atoms in total. The molecule has 3 atom stereocenters. The third-order valence-electron chi connectivity index (χ3n) is 4.92. The number of nitrogens with two attached hydrogens (primary N) is 1. The first-order chi connectivity index (χ1) is 12.5. The van der Waals surface area contributed by atoms with Gasteiger partial charge in [0.2, 0.25) is 0 Å². The molecule has 0 saturated carbocycles. The van der Waals surface area contributed by atoms with Gasteiger partial charge in [-0.25, -0.2) is 0 Å². The smallest absolute Gasteiger partial charge is 0.280 e. The van der Waals surface area contributed by atoms with Crippen molar-refractivity contribution in [3.8, 4) is 0 Å². The number of ether oxygens (including phenoxy) is 1. The van der Waals surface area contributed by atoms with Gasteiger partial charge < -0.3 is 15.0 Å². The van der Waals surface area contributed by atoms with Gasteiger partial charge in [0.05, 0.1) is 12.2 Å². The number of morpholine rings is 1. The highest BCUT2D eigenvalue weighted by molar-refractivity contribution is 5.80. The number of benzene rings is 2. The van der Waals surface area contributed by atoms with Gasteiger partial charge in [-0.1, -0.05) is 60.7 Å². The molecule has 0 bridgehead atoms. The van der Waals surface area contributed by atoms with Crippen molar-refractivity contribution >= 4 is 5.91 Å². The lowest BCUT2D eigenvalue weighted by Gasteiger charge is -2.36. The fourth-order valence-corrected chi connectivity index (χ4v) is 3.75. The molecule has 4 heteroatoms. The molecule has 2 aromatic rings. The maximum absolute atomic E-state index is 13.0. The Bertz CT molecular complexity index is 655. The van der Waals surface area contributed by atoms with Crippen molar-refractivity contribution in [2.75, 3.05) is 13.1 Å². The van der Waals surface area contributed by atoms with Crippen LogP contribution in [0.4, 0.5) is 0 Å². The SMILES string of the molecule is C[C@H]1CN(C(=O)[C@@H](C)[NH2+]C(c2ccccc2)c2ccccc2)C[C@H](C)O1. The Morgan fingerprint density at radius 3 is 1.88 bits per heavy atom. The van der Waals surface area contributed by atoms with Crippen LogP contribution >= 0.6 is 0 Å². The number of amides is 1. The standard InChI is InChI=1S/C22H28N2O2/c1-16-14-24(15-17(2)26-16)22(25)18(3)23-21(19-10-6-4-7-11-19)20-12-8-5-9-13-20/h4-13,16-18,21,23H,14-15H2,1-3H3/p+1/t16-,17-,18+/m0/s1. The fourth-order valence-electron chi connectivity index (χ4n) is 3.75. The summed E-state index contributed by atoms with van der Waals surface area (Å²) >= 11 is 0. The number of carbonyl (C=O) groups excluding carboxylic acids is 1. The van der Waals surface area contributed by atoms with Crippen LogP contribution in [-0.2, 0) is 9.53 Å². The summed E-state index contributed by atoms with van der Waals surface area (Å²) in [7, 11) is 0. The minimum Gasteiger partial charge on any atom is -0.372 e. The van der Waals surface area contributed by atoms with E-state index in [0.717, 1.165) is 0 Å². The van der Waals surface area contributed by atoms with E-state index in [1.165, 1.54) is 11.1 Å². The Balaban J connectivity index is 1.77. The first-order valence-electron chi connectivity index (χ1n) is 9.43. The van der Waals surface area contributed by atoms with Crippen LogP contribution in [0.1, 0.15) is 37.9 Å². The fraction of sp³-hybridized carbons (Fsp3) is 0.409. The van der Waals surface area contributed by atoms with Gasteiger partial charge in [0, 0.05) is 24.2 Å². The average Bonchev–Trinajstić information content (AvgIpc) is 2.66. The zero-order valence-corrected chi connectivity index (χ0v) is 15.8. The third-order valence-corrected chi connectivity index (χ3v) is 4.92. The second-order valence-corrected chi connectivity index (χ2v) is 7.28. The lowest BCUT2D eigenvalue weighted by atomic mass is 9.97. The molecular formula is C22H29N2O2+. The van der Waals surface area contributed by atoms with Crippen LogP contribution < -0.4 is 5.32 Å². The second-order valence-electron chi connectivity index (χ2n) is 7.28. The van der Waals surface area contributed by atoms with Crippen LogP contribution in [0.15, 0.2) is 60.7 Å². The largest absolute Gasteiger partial charge is 0.372 e. The molecule has 26 heavy (non-hydrogen) atoms. The van der Waals surface area contributed by atoms with Gasteiger partial charge in [-0.2, -0.15) is 0 Å². The summed E-state index contributed by atoms with van der Waals surface area (Å²) in [5.41, 5.74) is 2.42. The summed E-state index contributed by atoms with van der Waals surface area (Å²) in [5.74, 6) is 0.184. The van der Waals surface area contributed by atoms with E-state index in [4.69, 9.17) is 4.74 Å². The van der Waals surface area contributed by atoms with E-state index in [2.05, 4.69) is 53.8 Å². The van der Waals surface area contributed by atoms with Gasteiger partial charge in [0.1, 0.15) is 6.04 Å².